The van der Waals surface area contributed by atoms with Crippen LogP contribution in [0.3, 0.4) is 0 Å². The molecule has 1 aromatic rings. The van der Waals surface area contributed by atoms with Gasteiger partial charge >= 0.3 is 6.11 Å². The van der Waals surface area contributed by atoms with E-state index in [-0.39, 0.29) is 5.75 Å². The van der Waals surface area contributed by atoms with Crippen molar-refractivity contribution in [1.82, 2.24) is 0 Å². The van der Waals surface area contributed by atoms with Crippen molar-refractivity contribution in [2.75, 3.05) is 0 Å². The molecule has 150 valence electrons. The van der Waals surface area contributed by atoms with E-state index in [4.69, 9.17) is 0 Å². The fraction of sp³-hybridized carbons (Fsp3) is 0.636. The molecule has 0 bridgehead atoms. The normalized spacial score (nSPS) is 29.2. The predicted molar refractivity (Wildman–Crippen MR) is 98.1 cm³/mol. The molecule has 3 rings (SSSR count). The Labute approximate surface area is 158 Å². The Morgan fingerprint density at radius 3 is 1.93 bits per heavy atom. The first-order chi connectivity index (χ1) is 12.8. The zero-order valence-corrected chi connectivity index (χ0v) is 15.8. The quantitative estimate of drug-likeness (QED) is 0.477. The number of hydrogen-bond acceptors (Lipinski definition) is 1. The summed E-state index contributed by atoms with van der Waals surface area (Å²) in [7, 11) is 0. The topological polar surface area (TPSA) is 9.23 Å². The Bertz CT molecular complexity index is 620. The molecule has 1 aromatic carbocycles. The highest BCUT2D eigenvalue weighted by Crippen LogP contribution is 2.44. The van der Waals surface area contributed by atoms with Gasteiger partial charge in [-0.1, -0.05) is 31.9 Å². The molecule has 2 aliphatic rings. The molecule has 0 aliphatic heterocycles. The molecule has 0 saturated heterocycles. The van der Waals surface area contributed by atoms with Crippen LogP contribution in [0.25, 0.3) is 0 Å². The van der Waals surface area contributed by atoms with Gasteiger partial charge in [-0.3, -0.25) is 0 Å². The Morgan fingerprint density at radius 1 is 0.889 bits per heavy atom. The molecular formula is C22H28F4O. The lowest BCUT2D eigenvalue weighted by Crippen LogP contribution is -2.24. The molecule has 5 heteroatoms. The minimum Gasteiger partial charge on any atom is -0.429 e. The molecule has 0 amide bonds. The van der Waals surface area contributed by atoms with Gasteiger partial charge in [0.2, 0.25) is 0 Å². The molecule has 0 atom stereocenters. The second kappa shape index (κ2) is 8.66. The molecule has 2 fully saturated rings. The summed E-state index contributed by atoms with van der Waals surface area (Å²) < 4.78 is 55.0. The summed E-state index contributed by atoms with van der Waals surface area (Å²) in [5.41, 5.74) is 1.12. The largest absolute Gasteiger partial charge is 0.429 e. The van der Waals surface area contributed by atoms with E-state index in [1.165, 1.54) is 50.7 Å². The van der Waals surface area contributed by atoms with Crippen LogP contribution in [0.5, 0.6) is 5.75 Å². The van der Waals surface area contributed by atoms with Gasteiger partial charge < -0.3 is 4.74 Å². The lowest BCUT2D eigenvalue weighted by atomic mass is 9.68. The Balaban J connectivity index is 1.52. The first-order valence-corrected chi connectivity index (χ1v) is 10.0. The summed E-state index contributed by atoms with van der Waals surface area (Å²) in [5.74, 6) is 2.93. The van der Waals surface area contributed by atoms with Crippen LogP contribution in [-0.4, -0.2) is 6.11 Å². The lowest BCUT2D eigenvalue weighted by Gasteiger charge is -2.37. The first-order valence-electron chi connectivity index (χ1n) is 10.0. The fourth-order valence-corrected chi connectivity index (χ4v) is 4.80. The average molecular weight is 384 g/mol. The van der Waals surface area contributed by atoms with Crippen molar-refractivity contribution in [3.63, 3.8) is 0 Å². The van der Waals surface area contributed by atoms with E-state index < -0.39 is 18.3 Å². The third-order valence-electron chi connectivity index (χ3n) is 6.38. The molecule has 0 N–H and O–H groups in total. The van der Waals surface area contributed by atoms with Crippen molar-refractivity contribution in [2.24, 2.45) is 17.8 Å². The molecular weight excluding hydrogens is 356 g/mol. The van der Waals surface area contributed by atoms with E-state index in [2.05, 4.69) is 11.7 Å². The van der Waals surface area contributed by atoms with Crippen LogP contribution in [0.1, 0.15) is 69.8 Å². The lowest BCUT2D eigenvalue weighted by molar-refractivity contribution is -0.133. The van der Waals surface area contributed by atoms with Gasteiger partial charge in [0.15, 0.2) is 0 Å². The minimum atomic E-state index is -4.00. The molecule has 0 aromatic heterocycles. The number of rotatable bonds is 5. The van der Waals surface area contributed by atoms with Crippen LogP contribution in [0.4, 0.5) is 17.6 Å². The van der Waals surface area contributed by atoms with Crippen molar-refractivity contribution in [3.05, 3.63) is 42.0 Å². The second-order valence-electron chi connectivity index (χ2n) is 8.30. The summed E-state index contributed by atoms with van der Waals surface area (Å²) in [4.78, 5) is 0. The predicted octanol–water partition coefficient (Wildman–Crippen LogP) is 7.54. The number of alkyl halides is 2. The van der Waals surface area contributed by atoms with Crippen LogP contribution in [0.15, 0.2) is 36.4 Å². The highest BCUT2D eigenvalue weighted by Gasteiger charge is 2.32. The van der Waals surface area contributed by atoms with Crippen molar-refractivity contribution >= 4 is 0 Å². The maximum atomic E-state index is 13.3. The van der Waals surface area contributed by atoms with Crippen LogP contribution in [0.2, 0.25) is 0 Å². The first kappa shape index (κ1) is 20.2. The SMILES string of the molecule is CC1CCC(C2CCC(c3ccc(OC(F)(F)C=C(F)F)cc3)CC2)CC1. The summed E-state index contributed by atoms with van der Waals surface area (Å²) in [6.45, 7) is 2.35. The summed E-state index contributed by atoms with van der Waals surface area (Å²) in [5, 5.41) is 0. The summed E-state index contributed by atoms with van der Waals surface area (Å²) >= 11 is 0. The van der Waals surface area contributed by atoms with Gasteiger partial charge in [0.25, 0.3) is 6.08 Å². The Hall–Kier alpha value is -1.52. The van der Waals surface area contributed by atoms with Gasteiger partial charge in [-0.15, -0.1) is 0 Å². The molecule has 2 saturated carbocycles. The molecule has 1 nitrogen and oxygen atoms in total. The summed E-state index contributed by atoms with van der Waals surface area (Å²) in [6.07, 6.45) is 3.24. The average Bonchev–Trinajstić information content (AvgIpc) is 2.62. The molecule has 2 aliphatic carbocycles. The maximum absolute atomic E-state index is 13.3. The minimum absolute atomic E-state index is 0.105. The van der Waals surface area contributed by atoms with Crippen molar-refractivity contribution in [2.45, 2.75) is 70.3 Å². The third kappa shape index (κ3) is 5.73. The summed E-state index contributed by atoms with van der Waals surface area (Å²) in [6, 6.07) is 6.46. The number of hydrogen-bond donors (Lipinski definition) is 0. The third-order valence-corrected chi connectivity index (χ3v) is 6.38. The van der Waals surface area contributed by atoms with E-state index in [1.807, 2.05) is 0 Å². The number of ether oxygens (including phenoxy) is 1. The molecule has 0 unspecified atom stereocenters. The number of benzene rings is 1. The van der Waals surface area contributed by atoms with Crippen molar-refractivity contribution < 1.29 is 22.3 Å². The van der Waals surface area contributed by atoms with Crippen molar-refractivity contribution in [3.8, 4) is 5.75 Å². The van der Waals surface area contributed by atoms with E-state index in [0.29, 0.717) is 5.92 Å². The maximum Gasteiger partial charge on any atom is 0.425 e. The molecule has 27 heavy (non-hydrogen) atoms. The van der Waals surface area contributed by atoms with E-state index in [0.717, 1.165) is 36.2 Å². The Kier molecular flexibility index (Phi) is 6.48. The monoisotopic (exact) mass is 384 g/mol. The highest BCUT2D eigenvalue weighted by molar-refractivity contribution is 5.30. The fourth-order valence-electron chi connectivity index (χ4n) is 4.80. The van der Waals surface area contributed by atoms with E-state index in [9.17, 15) is 17.6 Å². The highest BCUT2D eigenvalue weighted by atomic mass is 19.3. The zero-order chi connectivity index (χ0) is 19.4. The standard InChI is InChI=1S/C22H28F4O/c1-15-2-4-16(5-3-15)17-6-8-18(9-7-17)19-10-12-20(13-11-19)27-22(25,26)14-21(23)24/h10-18H,2-9H2,1H3. The smallest absolute Gasteiger partial charge is 0.425 e. The van der Waals surface area contributed by atoms with Crippen molar-refractivity contribution in [1.29, 1.82) is 0 Å². The Morgan fingerprint density at radius 2 is 1.41 bits per heavy atom. The van der Waals surface area contributed by atoms with Gasteiger partial charge in [-0.2, -0.15) is 17.6 Å². The molecule has 0 spiro atoms. The second-order valence-corrected chi connectivity index (χ2v) is 8.30. The van der Waals surface area contributed by atoms with Gasteiger partial charge in [-0.05, 0) is 79.9 Å². The van der Waals surface area contributed by atoms with Crippen LogP contribution < -0.4 is 4.74 Å². The van der Waals surface area contributed by atoms with Crippen LogP contribution in [0, 0.1) is 17.8 Å². The van der Waals surface area contributed by atoms with Crippen LogP contribution >= 0.6 is 0 Å². The molecule has 0 radical (unpaired) electrons. The molecule has 0 heterocycles. The van der Waals surface area contributed by atoms with Gasteiger partial charge in [0.05, 0.1) is 6.08 Å². The van der Waals surface area contributed by atoms with Crippen LogP contribution in [-0.2, 0) is 0 Å². The van der Waals surface area contributed by atoms with E-state index >= 15 is 0 Å². The van der Waals surface area contributed by atoms with Gasteiger partial charge in [-0.25, -0.2) is 0 Å². The zero-order valence-electron chi connectivity index (χ0n) is 15.8. The van der Waals surface area contributed by atoms with Gasteiger partial charge in [0.1, 0.15) is 5.75 Å². The van der Waals surface area contributed by atoms with Gasteiger partial charge in [0, 0.05) is 0 Å². The number of halogens is 4. The van der Waals surface area contributed by atoms with E-state index in [1.54, 1.807) is 12.1 Å².